The monoisotopic (exact) mass is 548 g/mol. The molecule has 2 N–H and O–H groups in total. The Labute approximate surface area is 228 Å². The molecule has 4 rings (SSSR count). The average Bonchev–Trinajstić information content (AvgIpc) is 3.34. The third-order valence-corrected chi connectivity index (χ3v) is 7.95. The topological polar surface area (TPSA) is 125 Å². The molecule has 1 atom stereocenters. The van der Waals surface area contributed by atoms with Gasteiger partial charge in [0.25, 0.3) is 11.8 Å². The van der Waals surface area contributed by atoms with Crippen molar-refractivity contribution < 1.29 is 23.3 Å². The zero-order valence-corrected chi connectivity index (χ0v) is 22.9. The van der Waals surface area contributed by atoms with Gasteiger partial charge in [0.05, 0.1) is 27.7 Å². The standard InChI is InChI=1S/C29H32N4O5S/c1-21-11-15-38-27(21)29(36)31-25-6-3-5-22(18-25)7-8-23-17-24(20-30-19-23)28(35)32-39(2,37)16-4-12-33-13-9-26(34)10-14-33/h3,5-6,11,15,17-20,26,34H,4,9-10,12-14,16H2,1-2H3,(H,31,36)/t39-/m1/s1. The Morgan fingerprint density at radius 3 is 2.69 bits per heavy atom. The Kier molecular flexibility index (Phi) is 9.30. The van der Waals surface area contributed by atoms with Crippen molar-refractivity contribution in [1.29, 1.82) is 0 Å². The fourth-order valence-electron chi connectivity index (χ4n) is 4.21. The van der Waals surface area contributed by atoms with Gasteiger partial charge in [0.15, 0.2) is 5.76 Å². The lowest BCUT2D eigenvalue weighted by Gasteiger charge is -2.29. The number of furan rings is 1. The number of aromatic nitrogens is 1. The van der Waals surface area contributed by atoms with Gasteiger partial charge in [0, 0.05) is 59.9 Å². The molecular formula is C29H32N4O5S. The van der Waals surface area contributed by atoms with Crippen molar-refractivity contribution >= 4 is 27.2 Å². The summed E-state index contributed by atoms with van der Waals surface area (Å²) in [6, 6.07) is 10.4. The van der Waals surface area contributed by atoms with Crippen LogP contribution >= 0.6 is 0 Å². The van der Waals surface area contributed by atoms with Crippen molar-refractivity contribution in [1.82, 2.24) is 9.88 Å². The molecule has 3 heterocycles. The number of hydrogen-bond acceptors (Lipinski definition) is 7. The maximum atomic E-state index is 12.9. The maximum absolute atomic E-state index is 12.9. The van der Waals surface area contributed by atoms with Gasteiger partial charge in [-0.2, -0.15) is 4.36 Å². The lowest BCUT2D eigenvalue weighted by Crippen LogP contribution is -2.36. The average molecular weight is 549 g/mol. The first-order valence-electron chi connectivity index (χ1n) is 12.8. The number of likely N-dealkylation sites (tertiary alicyclic amines) is 1. The van der Waals surface area contributed by atoms with Crippen LogP contribution in [0.4, 0.5) is 5.69 Å². The molecule has 10 heteroatoms. The SMILES string of the molecule is Cc1ccoc1C(=O)Nc1cccc(C#Cc2cncc(C(=O)N=[S@](C)(=O)CCCN3CCC(O)CC3)c2)c1. The van der Waals surface area contributed by atoms with Gasteiger partial charge in [-0.25, -0.2) is 4.21 Å². The van der Waals surface area contributed by atoms with Crippen molar-refractivity contribution in [2.45, 2.75) is 32.3 Å². The first-order valence-corrected chi connectivity index (χ1v) is 14.8. The lowest BCUT2D eigenvalue weighted by molar-refractivity contribution is 0.0828. The van der Waals surface area contributed by atoms with E-state index in [9.17, 15) is 18.9 Å². The first-order chi connectivity index (χ1) is 18.7. The summed E-state index contributed by atoms with van der Waals surface area (Å²) in [6.45, 7) is 4.21. The van der Waals surface area contributed by atoms with E-state index in [1.807, 2.05) is 0 Å². The van der Waals surface area contributed by atoms with Crippen LogP contribution in [0.2, 0.25) is 0 Å². The van der Waals surface area contributed by atoms with Crippen molar-refractivity contribution in [3.63, 3.8) is 0 Å². The summed E-state index contributed by atoms with van der Waals surface area (Å²) in [5, 5.41) is 12.4. The van der Waals surface area contributed by atoms with E-state index in [-0.39, 0.29) is 23.3 Å². The van der Waals surface area contributed by atoms with Crippen LogP contribution in [0, 0.1) is 18.8 Å². The summed E-state index contributed by atoms with van der Waals surface area (Å²) >= 11 is 0. The minimum atomic E-state index is -2.70. The third kappa shape index (κ3) is 8.35. The third-order valence-electron chi connectivity index (χ3n) is 6.36. The highest BCUT2D eigenvalue weighted by Crippen LogP contribution is 2.15. The predicted octanol–water partition coefficient (Wildman–Crippen LogP) is 3.72. The number of benzene rings is 1. The van der Waals surface area contributed by atoms with Gasteiger partial charge in [-0.15, -0.1) is 0 Å². The summed E-state index contributed by atoms with van der Waals surface area (Å²) in [5.74, 6) is 5.63. The maximum Gasteiger partial charge on any atom is 0.291 e. The number of pyridine rings is 1. The molecular weight excluding hydrogens is 516 g/mol. The summed E-state index contributed by atoms with van der Waals surface area (Å²) in [7, 11) is -2.70. The molecule has 9 nitrogen and oxygen atoms in total. The van der Waals surface area contributed by atoms with E-state index < -0.39 is 15.6 Å². The van der Waals surface area contributed by atoms with Gasteiger partial charge in [0.1, 0.15) is 0 Å². The summed E-state index contributed by atoms with van der Waals surface area (Å²) < 4.78 is 22.2. The minimum absolute atomic E-state index is 0.219. The second kappa shape index (κ2) is 12.8. The Hall–Kier alpha value is -3.78. The van der Waals surface area contributed by atoms with Gasteiger partial charge in [0.2, 0.25) is 0 Å². The quantitative estimate of drug-likeness (QED) is 0.431. The summed E-state index contributed by atoms with van der Waals surface area (Å²) in [6.07, 6.45) is 7.83. The molecule has 0 saturated carbocycles. The van der Waals surface area contributed by atoms with Crippen LogP contribution < -0.4 is 5.32 Å². The summed E-state index contributed by atoms with van der Waals surface area (Å²) in [5.41, 5.74) is 2.70. The largest absolute Gasteiger partial charge is 0.459 e. The van der Waals surface area contributed by atoms with Crippen LogP contribution in [-0.2, 0) is 9.73 Å². The molecule has 2 aromatic heterocycles. The van der Waals surface area contributed by atoms with Crippen LogP contribution in [0.1, 0.15) is 56.9 Å². The molecule has 0 aliphatic carbocycles. The van der Waals surface area contributed by atoms with E-state index in [1.165, 1.54) is 24.9 Å². The molecule has 0 unspecified atom stereocenters. The molecule has 204 valence electrons. The van der Waals surface area contributed by atoms with Gasteiger partial charge in [-0.1, -0.05) is 17.9 Å². The lowest BCUT2D eigenvalue weighted by atomic mass is 10.1. The highest BCUT2D eigenvalue weighted by atomic mass is 32.2. The minimum Gasteiger partial charge on any atom is -0.459 e. The molecule has 1 aromatic carbocycles. The van der Waals surface area contributed by atoms with Crippen LogP contribution in [0.15, 0.2) is 63.8 Å². The molecule has 2 amide bonds. The second-order valence-corrected chi connectivity index (χ2v) is 12.2. The zero-order valence-electron chi connectivity index (χ0n) is 22.1. The van der Waals surface area contributed by atoms with Gasteiger partial charge in [-0.05, 0) is 63.1 Å². The fraction of sp³-hybridized carbons (Fsp3) is 0.345. The van der Waals surface area contributed by atoms with Crippen molar-refractivity contribution in [2.75, 3.05) is 37.0 Å². The number of nitrogens with zero attached hydrogens (tertiary/aromatic N) is 3. The van der Waals surface area contributed by atoms with Crippen LogP contribution in [0.25, 0.3) is 0 Å². The number of nitrogens with one attached hydrogen (secondary N) is 1. The predicted molar refractivity (Wildman–Crippen MR) is 150 cm³/mol. The van der Waals surface area contributed by atoms with E-state index >= 15 is 0 Å². The number of carbonyl (C=O) groups is 2. The number of aryl methyl sites for hydroxylation is 1. The molecule has 1 aliphatic rings. The Bertz CT molecular complexity index is 1520. The number of amides is 2. The fourth-order valence-corrected chi connectivity index (χ4v) is 5.42. The molecule has 0 radical (unpaired) electrons. The van der Waals surface area contributed by atoms with Crippen molar-refractivity contribution in [2.24, 2.45) is 4.36 Å². The van der Waals surface area contributed by atoms with Crippen molar-refractivity contribution in [3.05, 3.63) is 83.1 Å². The van der Waals surface area contributed by atoms with Gasteiger partial charge in [-0.3, -0.25) is 14.6 Å². The van der Waals surface area contributed by atoms with Crippen molar-refractivity contribution in [3.8, 4) is 11.8 Å². The first kappa shape index (κ1) is 28.2. The van der Waals surface area contributed by atoms with Crippen LogP contribution in [0.3, 0.4) is 0 Å². The van der Waals surface area contributed by atoms with E-state index in [4.69, 9.17) is 4.42 Å². The molecule has 39 heavy (non-hydrogen) atoms. The number of aliphatic hydroxyl groups excluding tert-OH is 1. The summed E-state index contributed by atoms with van der Waals surface area (Å²) in [4.78, 5) is 31.5. The Morgan fingerprint density at radius 2 is 1.95 bits per heavy atom. The second-order valence-electron chi connectivity index (χ2n) is 9.67. The van der Waals surface area contributed by atoms with Gasteiger partial charge >= 0.3 is 0 Å². The van der Waals surface area contributed by atoms with E-state index in [1.54, 1.807) is 43.3 Å². The molecule has 0 spiro atoms. The number of piperidine rings is 1. The smallest absolute Gasteiger partial charge is 0.291 e. The molecule has 1 aliphatic heterocycles. The number of hydrogen-bond donors (Lipinski definition) is 2. The Morgan fingerprint density at radius 1 is 1.18 bits per heavy atom. The molecule has 1 fully saturated rings. The van der Waals surface area contributed by atoms with Crippen LogP contribution in [-0.4, -0.2) is 68.8 Å². The normalized spacial score (nSPS) is 15.6. The zero-order chi connectivity index (χ0) is 27.8. The highest BCUT2D eigenvalue weighted by Gasteiger charge is 2.17. The van der Waals surface area contributed by atoms with E-state index in [0.29, 0.717) is 29.0 Å². The van der Waals surface area contributed by atoms with Crippen LogP contribution in [0.5, 0.6) is 0 Å². The molecule has 0 bridgehead atoms. The number of anilines is 1. The van der Waals surface area contributed by atoms with E-state index in [2.05, 4.69) is 31.4 Å². The Balaban J connectivity index is 1.38. The number of rotatable bonds is 7. The molecule has 1 saturated heterocycles. The highest BCUT2D eigenvalue weighted by molar-refractivity contribution is 7.93. The number of carbonyl (C=O) groups excluding carboxylic acids is 2. The van der Waals surface area contributed by atoms with E-state index in [0.717, 1.165) is 38.0 Å². The molecule has 3 aromatic rings. The number of aliphatic hydroxyl groups is 1. The van der Waals surface area contributed by atoms with Gasteiger partial charge < -0.3 is 19.7 Å².